The topological polar surface area (TPSA) is 3.24 Å². The molecule has 0 N–H and O–H groups in total. The third-order valence-corrected chi connectivity index (χ3v) is 12.9. The minimum absolute atomic E-state index is 0.114. The van der Waals surface area contributed by atoms with Crippen molar-refractivity contribution in [2.45, 2.75) is 38.5 Å². The van der Waals surface area contributed by atoms with Crippen molar-refractivity contribution in [1.29, 1.82) is 0 Å². The van der Waals surface area contributed by atoms with Gasteiger partial charge in [0, 0.05) is 27.9 Å². The number of fused-ring (bicyclic) bond motifs is 14. The van der Waals surface area contributed by atoms with Crippen molar-refractivity contribution >= 4 is 17.1 Å². The Morgan fingerprint density at radius 2 is 0.527 bits per heavy atom. The van der Waals surface area contributed by atoms with Gasteiger partial charge in [0.25, 0.3) is 0 Å². The maximum atomic E-state index is 2.50. The molecule has 0 atom stereocenters. The van der Waals surface area contributed by atoms with Crippen LogP contribution in [0.25, 0.3) is 66.8 Å². The van der Waals surface area contributed by atoms with Gasteiger partial charge in [0.2, 0.25) is 0 Å². The third kappa shape index (κ3) is 4.53. The molecule has 11 rings (SSSR count). The van der Waals surface area contributed by atoms with Crippen LogP contribution in [0.3, 0.4) is 0 Å². The van der Waals surface area contributed by atoms with Gasteiger partial charge in [-0.1, -0.05) is 167 Å². The Kier molecular flexibility index (Phi) is 6.72. The van der Waals surface area contributed by atoms with E-state index in [9.17, 15) is 0 Å². The average Bonchev–Trinajstić information content (AvgIpc) is 3.59. The standard InChI is InChI=1S/C54H41N/c1-53(2)49-23-13-11-21-44(49)46-29-26-35(32-51(46)53)55(36-27-30-47-45-22-12-14-24-50(45)54(3,4)52(47)33-36)34-25-28-43-41-19-8-7-17-39(41)37-15-5-6-16-38(37)40-18-9-10-20-42(40)48(43)31-34/h5-33H,1-4H3. The number of rotatable bonds is 3. The lowest BCUT2D eigenvalue weighted by atomic mass is 9.80. The van der Waals surface area contributed by atoms with Gasteiger partial charge in [-0.15, -0.1) is 0 Å². The number of hydrogen-bond acceptors (Lipinski definition) is 1. The van der Waals surface area contributed by atoms with Gasteiger partial charge in [0.1, 0.15) is 0 Å². The molecule has 0 fully saturated rings. The molecule has 0 aromatic heterocycles. The van der Waals surface area contributed by atoms with Gasteiger partial charge in [-0.05, 0) is 125 Å². The van der Waals surface area contributed by atoms with Gasteiger partial charge in [-0.25, -0.2) is 0 Å². The van der Waals surface area contributed by atoms with Crippen LogP contribution >= 0.6 is 0 Å². The smallest absolute Gasteiger partial charge is 0.0468 e. The summed E-state index contributed by atoms with van der Waals surface area (Å²) in [5.74, 6) is 0. The predicted molar refractivity (Wildman–Crippen MR) is 232 cm³/mol. The molecule has 3 aliphatic rings. The minimum Gasteiger partial charge on any atom is -0.310 e. The maximum absolute atomic E-state index is 2.50. The molecule has 0 spiro atoms. The zero-order valence-corrected chi connectivity index (χ0v) is 31.7. The summed E-state index contributed by atoms with van der Waals surface area (Å²) in [7, 11) is 0. The fourth-order valence-corrected chi connectivity index (χ4v) is 10.1. The van der Waals surface area contributed by atoms with Crippen molar-refractivity contribution in [2.24, 2.45) is 0 Å². The maximum Gasteiger partial charge on any atom is 0.0468 e. The second-order valence-corrected chi connectivity index (χ2v) is 16.5. The van der Waals surface area contributed by atoms with Crippen LogP contribution in [0.5, 0.6) is 0 Å². The molecular weight excluding hydrogens is 663 g/mol. The molecule has 55 heavy (non-hydrogen) atoms. The molecule has 0 amide bonds. The number of nitrogens with zero attached hydrogens (tertiary/aromatic N) is 1. The first-order valence-electron chi connectivity index (χ1n) is 19.5. The van der Waals surface area contributed by atoms with Crippen LogP contribution in [0.1, 0.15) is 49.9 Å². The SMILES string of the molecule is CC1(C)c2ccccc2-c2ccc(N(c3ccc4c(c3)-c3ccccc3-c3ccccc3-c3ccccc3-4)c3ccc4c(c3)C(C)(C)c3ccccc3-4)cc21. The summed E-state index contributed by atoms with van der Waals surface area (Å²) in [4.78, 5) is 2.50. The molecule has 262 valence electrons. The van der Waals surface area contributed by atoms with Gasteiger partial charge < -0.3 is 4.90 Å². The highest BCUT2D eigenvalue weighted by molar-refractivity contribution is 6.04. The normalized spacial score (nSPS) is 14.5. The van der Waals surface area contributed by atoms with E-state index in [1.165, 1.54) is 89.0 Å². The van der Waals surface area contributed by atoms with Crippen LogP contribution in [-0.4, -0.2) is 0 Å². The van der Waals surface area contributed by atoms with E-state index in [2.05, 4.69) is 209 Å². The average molecular weight is 704 g/mol. The Labute approximate surface area is 324 Å². The summed E-state index contributed by atoms with van der Waals surface area (Å²) in [5.41, 5.74) is 24.1. The van der Waals surface area contributed by atoms with Gasteiger partial charge >= 0.3 is 0 Å². The number of hydrogen-bond donors (Lipinski definition) is 0. The minimum atomic E-state index is -0.114. The summed E-state index contributed by atoms with van der Waals surface area (Å²) >= 11 is 0. The Balaban J connectivity index is 1.17. The first kappa shape index (κ1) is 32.0. The predicted octanol–water partition coefficient (Wildman–Crippen LogP) is 14.8. The molecular formula is C54H41N. The second-order valence-electron chi connectivity index (χ2n) is 16.5. The first-order valence-corrected chi connectivity index (χ1v) is 19.5. The monoisotopic (exact) mass is 703 g/mol. The van der Waals surface area contributed by atoms with Crippen molar-refractivity contribution in [1.82, 2.24) is 0 Å². The number of anilines is 3. The van der Waals surface area contributed by atoms with E-state index in [4.69, 9.17) is 0 Å². The molecule has 0 aliphatic heterocycles. The Hall–Kier alpha value is -6.44. The highest BCUT2D eigenvalue weighted by atomic mass is 15.1. The first-order chi connectivity index (χ1) is 26.8. The van der Waals surface area contributed by atoms with E-state index in [-0.39, 0.29) is 10.8 Å². The fourth-order valence-electron chi connectivity index (χ4n) is 10.1. The molecule has 3 aliphatic carbocycles. The summed E-state index contributed by atoms with van der Waals surface area (Å²) in [6, 6.07) is 66.0. The molecule has 1 nitrogen and oxygen atoms in total. The van der Waals surface area contributed by atoms with Crippen molar-refractivity contribution in [3.63, 3.8) is 0 Å². The summed E-state index contributed by atoms with van der Waals surface area (Å²) in [6.07, 6.45) is 0. The quantitative estimate of drug-likeness (QED) is 0.177. The second kappa shape index (κ2) is 11.5. The van der Waals surface area contributed by atoms with Crippen molar-refractivity contribution < 1.29 is 0 Å². The van der Waals surface area contributed by atoms with Crippen LogP contribution in [0.15, 0.2) is 176 Å². The highest BCUT2D eigenvalue weighted by Crippen LogP contribution is 2.54. The lowest BCUT2D eigenvalue weighted by Crippen LogP contribution is -2.18. The van der Waals surface area contributed by atoms with Crippen molar-refractivity contribution in [3.05, 3.63) is 198 Å². The van der Waals surface area contributed by atoms with Crippen molar-refractivity contribution in [2.75, 3.05) is 4.90 Å². The van der Waals surface area contributed by atoms with E-state index in [1.54, 1.807) is 0 Å². The van der Waals surface area contributed by atoms with Gasteiger partial charge in [0.05, 0.1) is 0 Å². The zero-order valence-electron chi connectivity index (χ0n) is 31.7. The van der Waals surface area contributed by atoms with E-state index in [0.29, 0.717) is 0 Å². The van der Waals surface area contributed by atoms with Gasteiger partial charge in [-0.2, -0.15) is 0 Å². The summed E-state index contributed by atoms with van der Waals surface area (Å²) < 4.78 is 0. The van der Waals surface area contributed by atoms with Crippen LogP contribution in [0, 0.1) is 0 Å². The van der Waals surface area contributed by atoms with E-state index in [0.717, 1.165) is 17.1 Å². The lowest BCUT2D eigenvalue weighted by molar-refractivity contribution is 0.660. The zero-order chi connectivity index (χ0) is 37.1. The molecule has 1 heteroatoms. The molecule has 0 unspecified atom stereocenters. The molecule has 0 heterocycles. The summed E-state index contributed by atoms with van der Waals surface area (Å²) in [6.45, 7) is 9.49. The molecule has 0 bridgehead atoms. The molecule has 0 radical (unpaired) electrons. The fraction of sp³-hybridized carbons (Fsp3) is 0.111. The molecule has 0 saturated carbocycles. The Morgan fingerprint density at radius 1 is 0.255 bits per heavy atom. The highest BCUT2D eigenvalue weighted by Gasteiger charge is 2.38. The van der Waals surface area contributed by atoms with Crippen LogP contribution in [0.4, 0.5) is 17.1 Å². The largest absolute Gasteiger partial charge is 0.310 e. The lowest BCUT2D eigenvalue weighted by Gasteiger charge is -2.31. The molecule has 8 aromatic rings. The van der Waals surface area contributed by atoms with Crippen LogP contribution < -0.4 is 4.90 Å². The Morgan fingerprint density at radius 3 is 0.927 bits per heavy atom. The van der Waals surface area contributed by atoms with Crippen LogP contribution in [-0.2, 0) is 10.8 Å². The summed E-state index contributed by atoms with van der Waals surface area (Å²) in [5, 5.41) is 0. The van der Waals surface area contributed by atoms with E-state index in [1.807, 2.05) is 0 Å². The molecule has 0 saturated heterocycles. The molecule has 8 aromatic carbocycles. The third-order valence-electron chi connectivity index (χ3n) is 12.9. The van der Waals surface area contributed by atoms with Gasteiger partial charge in [-0.3, -0.25) is 0 Å². The van der Waals surface area contributed by atoms with E-state index < -0.39 is 0 Å². The van der Waals surface area contributed by atoms with E-state index >= 15 is 0 Å². The van der Waals surface area contributed by atoms with Crippen molar-refractivity contribution in [3.8, 4) is 66.8 Å². The van der Waals surface area contributed by atoms with Gasteiger partial charge in [0.15, 0.2) is 0 Å². The Bertz CT molecular complexity index is 2770. The number of benzene rings is 8. The van der Waals surface area contributed by atoms with Crippen LogP contribution in [0.2, 0.25) is 0 Å².